The standard InChI is InChI=1S/C19H10Cl3IN2O2/c1-7-9(15(23)14(22)13(21)12(7)20)17-11-10(18(26)25-17)16(24-19(11)27)8-5-3-2-4-6-8/h2-6H,1H3,(H,24,27)(H,25,26). The largest absolute Gasteiger partial charge is 0.321 e. The van der Waals surface area contributed by atoms with Crippen molar-refractivity contribution in [3.8, 4) is 0 Å². The van der Waals surface area contributed by atoms with Gasteiger partial charge in [0.2, 0.25) is 0 Å². The number of rotatable bonds is 2. The highest BCUT2D eigenvalue weighted by atomic mass is 127. The third kappa shape index (κ3) is 2.79. The normalized spacial score (nSPS) is 16.0. The molecule has 2 heterocycles. The van der Waals surface area contributed by atoms with Crippen LogP contribution in [-0.4, -0.2) is 11.8 Å². The minimum atomic E-state index is -0.352. The Balaban J connectivity index is 2.01. The van der Waals surface area contributed by atoms with Crippen LogP contribution in [0.25, 0.3) is 11.4 Å². The molecule has 2 N–H and O–H groups in total. The van der Waals surface area contributed by atoms with E-state index in [0.717, 1.165) is 5.56 Å². The molecule has 2 aliphatic rings. The van der Waals surface area contributed by atoms with E-state index in [0.29, 0.717) is 36.7 Å². The van der Waals surface area contributed by atoms with Crippen LogP contribution in [0.3, 0.4) is 0 Å². The van der Waals surface area contributed by atoms with Crippen LogP contribution in [0.4, 0.5) is 0 Å². The van der Waals surface area contributed by atoms with Gasteiger partial charge in [0.1, 0.15) is 0 Å². The molecule has 0 radical (unpaired) electrons. The van der Waals surface area contributed by atoms with Crippen LogP contribution in [0.1, 0.15) is 16.7 Å². The SMILES string of the molecule is Cc1c(Cl)c(Cl)c(Cl)c(I)c1C1=C2C(=O)NC(c3ccccc3)=C2C(=O)N1. The molecule has 4 rings (SSSR count). The Morgan fingerprint density at radius 3 is 2.00 bits per heavy atom. The molecule has 27 heavy (non-hydrogen) atoms. The first-order valence-electron chi connectivity index (χ1n) is 7.82. The molecule has 0 spiro atoms. The summed E-state index contributed by atoms with van der Waals surface area (Å²) in [4.78, 5) is 25.5. The van der Waals surface area contributed by atoms with E-state index < -0.39 is 0 Å². The number of hydrogen-bond acceptors (Lipinski definition) is 2. The lowest BCUT2D eigenvalue weighted by molar-refractivity contribution is -0.117. The summed E-state index contributed by atoms with van der Waals surface area (Å²) < 4.78 is 0.617. The highest BCUT2D eigenvalue weighted by Crippen LogP contribution is 2.45. The maximum atomic E-state index is 12.7. The molecule has 0 unspecified atom stereocenters. The van der Waals surface area contributed by atoms with Crippen molar-refractivity contribution < 1.29 is 9.59 Å². The summed E-state index contributed by atoms with van der Waals surface area (Å²) in [5.74, 6) is -0.704. The molecule has 0 bridgehead atoms. The van der Waals surface area contributed by atoms with E-state index in [1.165, 1.54) is 0 Å². The molecule has 4 nitrogen and oxygen atoms in total. The van der Waals surface area contributed by atoms with Crippen molar-refractivity contribution in [2.75, 3.05) is 0 Å². The number of nitrogens with one attached hydrogen (secondary N) is 2. The first-order chi connectivity index (χ1) is 12.8. The maximum Gasteiger partial charge on any atom is 0.258 e. The summed E-state index contributed by atoms with van der Waals surface area (Å²) in [5, 5.41) is 6.44. The molecule has 0 saturated carbocycles. The zero-order chi connectivity index (χ0) is 19.5. The Labute approximate surface area is 183 Å². The van der Waals surface area contributed by atoms with E-state index in [-0.39, 0.29) is 27.4 Å². The van der Waals surface area contributed by atoms with Gasteiger partial charge in [-0.1, -0.05) is 65.1 Å². The zero-order valence-corrected chi connectivity index (χ0v) is 18.1. The van der Waals surface area contributed by atoms with Crippen LogP contribution in [0, 0.1) is 10.5 Å². The quantitative estimate of drug-likeness (QED) is 0.328. The molecule has 0 fully saturated rings. The summed E-state index contributed by atoms with van der Waals surface area (Å²) in [6.07, 6.45) is 0. The number of carbonyl (C=O) groups is 2. The molecular formula is C19H10Cl3IN2O2. The lowest BCUT2D eigenvalue weighted by Gasteiger charge is -2.16. The number of hydrogen-bond donors (Lipinski definition) is 2. The highest BCUT2D eigenvalue weighted by Gasteiger charge is 2.42. The highest BCUT2D eigenvalue weighted by molar-refractivity contribution is 14.1. The Hall–Kier alpha value is -1.54. The van der Waals surface area contributed by atoms with Gasteiger partial charge in [-0.2, -0.15) is 0 Å². The summed E-state index contributed by atoms with van der Waals surface area (Å²) in [6.45, 7) is 1.77. The van der Waals surface area contributed by atoms with E-state index in [2.05, 4.69) is 10.6 Å². The van der Waals surface area contributed by atoms with Gasteiger partial charge in [0.05, 0.1) is 37.6 Å². The predicted octanol–water partition coefficient (Wildman–Crippen LogP) is 4.94. The van der Waals surface area contributed by atoms with Crippen LogP contribution in [0.5, 0.6) is 0 Å². The molecule has 0 aromatic heterocycles. The first-order valence-corrected chi connectivity index (χ1v) is 10.0. The fourth-order valence-electron chi connectivity index (χ4n) is 3.23. The van der Waals surface area contributed by atoms with Crippen molar-refractivity contribution in [2.24, 2.45) is 0 Å². The topological polar surface area (TPSA) is 58.2 Å². The van der Waals surface area contributed by atoms with Gasteiger partial charge in [0.15, 0.2) is 0 Å². The average Bonchev–Trinajstić information content (AvgIpc) is 3.18. The van der Waals surface area contributed by atoms with E-state index in [9.17, 15) is 9.59 Å². The van der Waals surface area contributed by atoms with Crippen molar-refractivity contribution >= 4 is 80.6 Å². The number of halogens is 4. The van der Waals surface area contributed by atoms with Crippen molar-refractivity contribution in [3.63, 3.8) is 0 Å². The molecule has 2 amide bonds. The fourth-order valence-corrected chi connectivity index (χ4v) is 4.99. The minimum absolute atomic E-state index is 0.246. The molecule has 136 valence electrons. The monoisotopic (exact) mass is 530 g/mol. The van der Waals surface area contributed by atoms with Gasteiger partial charge in [-0.05, 0) is 40.6 Å². The molecule has 8 heteroatoms. The van der Waals surface area contributed by atoms with Crippen LogP contribution >= 0.6 is 57.4 Å². The second-order valence-corrected chi connectivity index (χ2v) is 8.24. The van der Waals surface area contributed by atoms with Crippen LogP contribution in [-0.2, 0) is 9.59 Å². The average molecular weight is 532 g/mol. The molecule has 0 aliphatic carbocycles. The van der Waals surface area contributed by atoms with Crippen molar-refractivity contribution in [1.82, 2.24) is 10.6 Å². The van der Waals surface area contributed by atoms with E-state index in [1.54, 1.807) is 6.92 Å². The molecule has 2 aliphatic heterocycles. The van der Waals surface area contributed by atoms with Gasteiger partial charge in [-0.3, -0.25) is 9.59 Å². The van der Waals surface area contributed by atoms with Gasteiger partial charge in [-0.15, -0.1) is 0 Å². The molecule has 2 aromatic carbocycles. The minimum Gasteiger partial charge on any atom is -0.321 e. The van der Waals surface area contributed by atoms with Gasteiger partial charge >= 0.3 is 0 Å². The maximum absolute atomic E-state index is 12.7. The molecule has 2 aromatic rings. The number of carbonyl (C=O) groups excluding carboxylic acids is 2. The van der Waals surface area contributed by atoms with Crippen molar-refractivity contribution in [1.29, 1.82) is 0 Å². The van der Waals surface area contributed by atoms with Crippen LogP contribution in [0.2, 0.25) is 15.1 Å². The lowest BCUT2D eigenvalue weighted by atomic mass is 9.99. The fraction of sp³-hybridized carbons (Fsp3) is 0.0526. The van der Waals surface area contributed by atoms with Crippen LogP contribution < -0.4 is 10.6 Å². The molecule has 0 atom stereocenters. The van der Waals surface area contributed by atoms with Gasteiger partial charge < -0.3 is 10.6 Å². The smallest absolute Gasteiger partial charge is 0.258 e. The van der Waals surface area contributed by atoms with Gasteiger partial charge in [-0.25, -0.2) is 0 Å². The van der Waals surface area contributed by atoms with Crippen molar-refractivity contribution in [2.45, 2.75) is 6.92 Å². The second kappa shape index (κ2) is 6.81. The number of benzene rings is 2. The number of fused-ring (bicyclic) bond motifs is 1. The Morgan fingerprint density at radius 2 is 1.37 bits per heavy atom. The Morgan fingerprint density at radius 1 is 0.815 bits per heavy atom. The van der Waals surface area contributed by atoms with Gasteiger partial charge in [0, 0.05) is 9.13 Å². The summed E-state index contributed by atoms with van der Waals surface area (Å²) in [6, 6.07) is 9.22. The summed E-state index contributed by atoms with van der Waals surface area (Å²) in [7, 11) is 0. The predicted molar refractivity (Wildman–Crippen MR) is 115 cm³/mol. The summed E-state index contributed by atoms with van der Waals surface area (Å²) in [5.41, 5.74) is 3.47. The third-order valence-corrected chi connectivity index (χ3v) is 7.31. The molecule has 0 saturated heterocycles. The van der Waals surface area contributed by atoms with Crippen LogP contribution in [0.15, 0.2) is 41.5 Å². The first kappa shape index (κ1) is 18.8. The zero-order valence-electron chi connectivity index (χ0n) is 13.7. The van der Waals surface area contributed by atoms with E-state index >= 15 is 0 Å². The lowest BCUT2D eigenvalue weighted by Crippen LogP contribution is -2.22. The third-order valence-electron chi connectivity index (χ3n) is 4.50. The Bertz CT molecular complexity index is 1080. The summed E-state index contributed by atoms with van der Waals surface area (Å²) >= 11 is 20.8. The molecular weight excluding hydrogens is 521 g/mol. The second-order valence-electron chi connectivity index (χ2n) is 6.03. The Kier molecular flexibility index (Phi) is 4.74. The number of amides is 2. The van der Waals surface area contributed by atoms with E-state index in [4.69, 9.17) is 34.8 Å². The van der Waals surface area contributed by atoms with Crippen molar-refractivity contribution in [3.05, 3.63) is 76.8 Å². The van der Waals surface area contributed by atoms with Gasteiger partial charge in [0.25, 0.3) is 11.8 Å². The van der Waals surface area contributed by atoms with E-state index in [1.807, 2.05) is 52.9 Å².